The molecule has 1 N–H and O–H groups in total. The predicted molar refractivity (Wildman–Crippen MR) is 75.0 cm³/mol. The van der Waals surface area contributed by atoms with Gasteiger partial charge in [0.1, 0.15) is 0 Å². The van der Waals surface area contributed by atoms with Crippen molar-refractivity contribution in [2.75, 3.05) is 40.4 Å². The molecule has 1 saturated heterocycles. The molecule has 2 rings (SSSR count). The predicted octanol–water partition coefficient (Wildman–Crippen LogP) is 0.657. The van der Waals surface area contributed by atoms with Crippen molar-refractivity contribution in [1.82, 2.24) is 10.2 Å². The number of nitrogens with one attached hydrogen (secondary N) is 1. The molecule has 8 nitrogen and oxygen atoms in total. The van der Waals surface area contributed by atoms with E-state index in [1.54, 1.807) is 4.90 Å². The van der Waals surface area contributed by atoms with E-state index in [1.807, 2.05) is 0 Å². The number of benzene rings is 1. The first-order valence-corrected chi connectivity index (χ1v) is 6.49. The number of carbonyl (C=O) groups excluding carboxylic acids is 1. The van der Waals surface area contributed by atoms with Crippen molar-refractivity contribution in [3.05, 3.63) is 27.8 Å². The first-order valence-electron chi connectivity index (χ1n) is 6.49. The summed E-state index contributed by atoms with van der Waals surface area (Å²) in [6, 6.07) is 2.70. The monoisotopic (exact) mass is 295 g/mol. The Morgan fingerprint density at radius 1 is 1.29 bits per heavy atom. The third-order valence-electron chi connectivity index (χ3n) is 3.31. The Kier molecular flexibility index (Phi) is 4.59. The number of methoxy groups -OCH3 is 2. The fourth-order valence-corrected chi connectivity index (χ4v) is 2.25. The molecular formula is C13H17N3O5. The van der Waals surface area contributed by atoms with Crippen molar-refractivity contribution in [2.24, 2.45) is 0 Å². The van der Waals surface area contributed by atoms with E-state index in [2.05, 4.69) is 5.32 Å². The van der Waals surface area contributed by atoms with Gasteiger partial charge in [-0.2, -0.15) is 0 Å². The van der Waals surface area contributed by atoms with Gasteiger partial charge in [-0.15, -0.1) is 0 Å². The smallest absolute Gasteiger partial charge is 0.315 e. The Balaban J connectivity index is 2.41. The van der Waals surface area contributed by atoms with Crippen molar-refractivity contribution >= 4 is 11.6 Å². The lowest BCUT2D eigenvalue weighted by molar-refractivity contribution is -0.385. The van der Waals surface area contributed by atoms with Gasteiger partial charge in [0.2, 0.25) is 5.75 Å². The van der Waals surface area contributed by atoms with E-state index in [0.29, 0.717) is 26.2 Å². The number of carbonyl (C=O) groups is 1. The van der Waals surface area contributed by atoms with Crippen molar-refractivity contribution in [1.29, 1.82) is 0 Å². The van der Waals surface area contributed by atoms with Crippen LogP contribution < -0.4 is 14.8 Å². The van der Waals surface area contributed by atoms with Gasteiger partial charge in [0.25, 0.3) is 5.91 Å². The van der Waals surface area contributed by atoms with E-state index in [-0.39, 0.29) is 28.7 Å². The molecule has 0 atom stereocenters. The van der Waals surface area contributed by atoms with E-state index < -0.39 is 4.92 Å². The topological polar surface area (TPSA) is 93.9 Å². The molecule has 1 aliphatic rings. The highest BCUT2D eigenvalue weighted by Crippen LogP contribution is 2.38. The molecule has 1 aromatic rings. The Hall–Kier alpha value is -2.35. The van der Waals surface area contributed by atoms with E-state index >= 15 is 0 Å². The van der Waals surface area contributed by atoms with Crippen molar-refractivity contribution < 1.29 is 19.2 Å². The lowest BCUT2D eigenvalue weighted by Crippen LogP contribution is -2.46. The molecule has 1 aromatic carbocycles. The zero-order chi connectivity index (χ0) is 15.4. The summed E-state index contributed by atoms with van der Waals surface area (Å²) >= 11 is 0. The maximum atomic E-state index is 12.4. The van der Waals surface area contributed by atoms with Crippen LogP contribution >= 0.6 is 0 Å². The lowest BCUT2D eigenvalue weighted by Gasteiger charge is -2.27. The zero-order valence-corrected chi connectivity index (χ0v) is 11.9. The first-order chi connectivity index (χ1) is 10.1. The molecule has 0 spiro atoms. The Labute approximate surface area is 121 Å². The second kappa shape index (κ2) is 6.40. The summed E-state index contributed by atoms with van der Waals surface area (Å²) in [5, 5.41) is 14.3. The summed E-state index contributed by atoms with van der Waals surface area (Å²) in [7, 11) is 2.70. The molecule has 0 bridgehead atoms. The number of piperazine rings is 1. The van der Waals surface area contributed by atoms with Gasteiger partial charge in [0.15, 0.2) is 5.75 Å². The van der Waals surface area contributed by atoms with Crippen LogP contribution in [-0.2, 0) is 0 Å². The highest BCUT2D eigenvalue weighted by Gasteiger charge is 2.26. The number of hydrogen-bond donors (Lipinski definition) is 1. The van der Waals surface area contributed by atoms with Gasteiger partial charge < -0.3 is 19.7 Å². The van der Waals surface area contributed by atoms with Crippen molar-refractivity contribution in [3.8, 4) is 11.5 Å². The summed E-state index contributed by atoms with van der Waals surface area (Å²) in [5.41, 5.74) is -0.0587. The SMILES string of the molecule is COc1cc(C(=O)N2CCNCC2)cc([N+](=O)[O-])c1OC. The minimum absolute atomic E-state index is 0.0133. The van der Waals surface area contributed by atoms with Gasteiger partial charge in [-0.05, 0) is 6.07 Å². The van der Waals surface area contributed by atoms with Crippen LogP contribution in [0.4, 0.5) is 5.69 Å². The second-order valence-electron chi connectivity index (χ2n) is 4.53. The summed E-state index contributed by atoms with van der Waals surface area (Å²) in [6.45, 7) is 2.56. The van der Waals surface area contributed by atoms with Crippen molar-refractivity contribution in [2.45, 2.75) is 0 Å². The van der Waals surface area contributed by atoms with E-state index in [4.69, 9.17) is 9.47 Å². The van der Waals surface area contributed by atoms with Crippen LogP contribution in [-0.4, -0.2) is 56.1 Å². The average molecular weight is 295 g/mol. The molecule has 1 amide bonds. The average Bonchev–Trinajstić information content (AvgIpc) is 2.53. The number of hydrogen-bond acceptors (Lipinski definition) is 6. The number of nitro groups is 1. The number of ether oxygens (including phenoxy) is 2. The number of amides is 1. The van der Waals surface area contributed by atoms with Gasteiger partial charge in [-0.1, -0.05) is 0 Å². The maximum Gasteiger partial charge on any atom is 0.315 e. The van der Waals surface area contributed by atoms with Gasteiger partial charge in [0.05, 0.1) is 24.7 Å². The molecule has 8 heteroatoms. The first kappa shape index (κ1) is 15.0. The van der Waals surface area contributed by atoms with Crippen molar-refractivity contribution in [3.63, 3.8) is 0 Å². The minimum Gasteiger partial charge on any atom is -0.493 e. The third kappa shape index (κ3) is 3.05. The summed E-state index contributed by atoms with van der Waals surface area (Å²) in [6.07, 6.45) is 0. The molecule has 0 unspecified atom stereocenters. The molecule has 1 aliphatic heterocycles. The van der Waals surface area contributed by atoms with Crippen LogP contribution in [0.5, 0.6) is 11.5 Å². The quantitative estimate of drug-likeness (QED) is 0.647. The summed E-state index contributed by atoms with van der Waals surface area (Å²) < 4.78 is 10.1. The van der Waals surface area contributed by atoms with Crippen LogP contribution in [0.1, 0.15) is 10.4 Å². The second-order valence-corrected chi connectivity index (χ2v) is 4.53. The normalized spacial score (nSPS) is 14.7. The Morgan fingerprint density at radius 2 is 1.95 bits per heavy atom. The van der Waals surface area contributed by atoms with E-state index in [1.165, 1.54) is 26.4 Å². The fourth-order valence-electron chi connectivity index (χ4n) is 2.25. The third-order valence-corrected chi connectivity index (χ3v) is 3.31. The lowest BCUT2D eigenvalue weighted by atomic mass is 10.1. The molecular weight excluding hydrogens is 278 g/mol. The molecule has 0 aliphatic carbocycles. The van der Waals surface area contributed by atoms with Crippen LogP contribution in [0, 0.1) is 10.1 Å². The Bertz CT molecular complexity index is 555. The number of rotatable bonds is 4. The largest absolute Gasteiger partial charge is 0.493 e. The molecule has 21 heavy (non-hydrogen) atoms. The number of nitro benzene ring substituents is 1. The maximum absolute atomic E-state index is 12.4. The van der Waals surface area contributed by atoms with Gasteiger partial charge in [-0.3, -0.25) is 14.9 Å². The van der Waals surface area contributed by atoms with Crippen LogP contribution in [0.3, 0.4) is 0 Å². The standard InChI is InChI=1S/C13H17N3O5/c1-20-11-8-9(7-10(16(18)19)12(11)21-2)13(17)15-5-3-14-4-6-15/h7-8,14H,3-6H2,1-2H3. The van der Waals surface area contributed by atoms with Gasteiger partial charge in [-0.25, -0.2) is 0 Å². The minimum atomic E-state index is -0.587. The summed E-state index contributed by atoms with van der Waals surface area (Å²) in [5.74, 6) is -0.0647. The van der Waals surface area contributed by atoms with E-state index in [0.717, 1.165) is 0 Å². The molecule has 0 aromatic heterocycles. The van der Waals surface area contributed by atoms with Gasteiger partial charge in [0, 0.05) is 32.2 Å². The van der Waals surface area contributed by atoms with E-state index in [9.17, 15) is 14.9 Å². The highest BCUT2D eigenvalue weighted by atomic mass is 16.6. The number of nitrogens with zero attached hydrogens (tertiary/aromatic N) is 2. The molecule has 1 heterocycles. The van der Waals surface area contributed by atoms with Crippen LogP contribution in [0.15, 0.2) is 12.1 Å². The van der Waals surface area contributed by atoms with Crippen LogP contribution in [0.25, 0.3) is 0 Å². The Morgan fingerprint density at radius 3 is 2.48 bits per heavy atom. The molecule has 0 saturated carbocycles. The fraction of sp³-hybridized carbons (Fsp3) is 0.462. The molecule has 0 radical (unpaired) electrons. The highest BCUT2D eigenvalue weighted by molar-refractivity contribution is 5.96. The zero-order valence-electron chi connectivity index (χ0n) is 11.9. The van der Waals surface area contributed by atoms with Crippen LogP contribution in [0.2, 0.25) is 0 Å². The molecule has 114 valence electrons. The summed E-state index contributed by atoms with van der Waals surface area (Å²) in [4.78, 5) is 24.6. The molecule has 1 fully saturated rings. The van der Waals surface area contributed by atoms with Gasteiger partial charge >= 0.3 is 5.69 Å².